The van der Waals surface area contributed by atoms with Crippen LogP contribution in [0.2, 0.25) is 0 Å². The van der Waals surface area contributed by atoms with Crippen LogP contribution in [-0.2, 0) is 38.3 Å². The van der Waals surface area contributed by atoms with E-state index in [0.29, 0.717) is 13.0 Å². The molecule has 1 aliphatic heterocycles. The van der Waals surface area contributed by atoms with Gasteiger partial charge in [0.15, 0.2) is 6.29 Å². The summed E-state index contributed by atoms with van der Waals surface area (Å²) in [5.41, 5.74) is 0. The molecule has 0 bridgehead atoms. The number of allylic oxidation sites excluding steroid dienone is 8. The summed E-state index contributed by atoms with van der Waals surface area (Å²) >= 11 is 0. The van der Waals surface area contributed by atoms with Gasteiger partial charge in [-0.15, -0.1) is 0 Å². The summed E-state index contributed by atoms with van der Waals surface area (Å²) in [6.45, 7) is 3.92. The summed E-state index contributed by atoms with van der Waals surface area (Å²) in [4.78, 5) is 12.9. The molecule has 6 atom stereocenters. The number of aliphatic hydroxyl groups is 3. The minimum Gasteiger partial charge on any atom is -0.457 e. The Balaban J connectivity index is 2.36. The third-order valence-electron chi connectivity index (χ3n) is 10.9. The average Bonchev–Trinajstić information content (AvgIpc) is 3.24. The molecule has 12 nitrogen and oxygen atoms in total. The van der Waals surface area contributed by atoms with Crippen LogP contribution in [0.25, 0.3) is 0 Å². The molecule has 4 N–H and O–H groups in total. The fourth-order valence-electron chi connectivity index (χ4n) is 7.19. The lowest BCUT2D eigenvalue weighted by Crippen LogP contribution is -2.60. The van der Waals surface area contributed by atoms with Crippen molar-refractivity contribution in [2.24, 2.45) is 0 Å². The average molecular weight is 901 g/mol. The predicted molar refractivity (Wildman–Crippen MR) is 248 cm³/mol. The lowest BCUT2D eigenvalue weighted by Gasteiger charge is -2.41. The molecule has 1 rings (SSSR count). The monoisotopic (exact) mass is 901 g/mol. The Morgan fingerprint density at radius 1 is 0.613 bits per heavy atom. The molecule has 0 aromatic heterocycles. The van der Waals surface area contributed by atoms with E-state index in [1.165, 1.54) is 96.3 Å². The summed E-state index contributed by atoms with van der Waals surface area (Å²) in [6.07, 6.45) is 40.0. The number of unbranched alkanes of at least 4 members (excludes halogenated alkanes) is 21. The molecule has 0 amide bonds. The van der Waals surface area contributed by atoms with Crippen LogP contribution >= 0.6 is 0 Å². The number of hydrogen-bond acceptors (Lipinski definition) is 11. The maximum atomic E-state index is 12.9. The molecule has 0 aromatic carbocycles. The quantitative estimate of drug-likeness (QED) is 0.0198. The van der Waals surface area contributed by atoms with Crippen molar-refractivity contribution in [3.8, 4) is 0 Å². The van der Waals surface area contributed by atoms with E-state index in [-0.39, 0.29) is 19.6 Å². The highest BCUT2D eigenvalue weighted by atomic mass is 32.3. The second-order valence-electron chi connectivity index (χ2n) is 16.7. The normalized spacial score (nSPS) is 20.4. The molecule has 1 heterocycles. The van der Waals surface area contributed by atoms with E-state index >= 15 is 0 Å². The van der Waals surface area contributed by atoms with Crippen LogP contribution in [-0.4, -0.2) is 97.5 Å². The largest absolute Gasteiger partial charge is 0.457 e. The number of rotatable bonds is 42. The molecule has 6 unspecified atom stereocenters. The summed E-state index contributed by atoms with van der Waals surface area (Å²) < 4.78 is 59.1. The molecule has 0 aliphatic carbocycles. The molecule has 13 heteroatoms. The van der Waals surface area contributed by atoms with Gasteiger partial charge in [0.2, 0.25) is 0 Å². The number of hydrogen-bond donors (Lipinski definition) is 4. The van der Waals surface area contributed by atoms with Gasteiger partial charge in [0.1, 0.15) is 30.5 Å². The first-order valence-corrected chi connectivity index (χ1v) is 25.8. The zero-order valence-corrected chi connectivity index (χ0v) is 39.5. The zero-order valence-electron chi connectivity index (χ0n) is 38.7. The van der Waals surface area contributed by atoms with E-state index in [0.717, 1.165) is 70.6 Å². The highest BCUT2D eigenvalue weighted by Crippen LogP contribution is 2.26. The first-order chi connectivity index (χ1) is 30.1. The first kappa shape index (κ1) is 58.1. The topological polar surface area (TPSA) is 178 Å². The molecule has 1 saturated heterocycles. The van der Waals surface area contributed by atoms with Crippen LogP contribution < -0.4 is 0 Å². The van der Waals surface area contributed by atoms with Crippen molar-refractivity contribution >= 4 is 16.4 Å². The SMILES string of the molecule is CCCC/C=C\CCCCCCCCOCC(COC1OC(CO)C(O)C(OS(=O)(=O)O)C1O)OC(=O)CCCCCCCCCC/C=C\C/C=C\C/C=C\CCCCCCC. The molecule has 0 spiro atoms. The Kier molecular flexibility index (Phi) is 38.0. The van der Waals surface area contributed by atoms with E-state index in [2.05, 4.69) is 66.6 Å². The third kappa shape index (κ3) is 33.6. The second-order valence-corrected chi connectivity index (χ2v) is 17.7. The highest BCUT2D eigenvalue weighted by Gasteiger charge is 2.48. The van der Waals surface area contributed by atoms with Gasteiger partial charge in [-0.3, -0.25) is 9.35 Å². The van der Waals surface area contributed by atoms with E-state index < -0.39 is 59.8 Å². The fourth-order valence-corrected chi connectivity index (χ4v) is 7.70. The van der Waals surface area contributed by atoms with Crippen molar-refractivity contribution in [3.05, 3.63) is 48.6 Å². The van der Waals surface area contributed by atoms with Crippen molar-refractivity contribution < 1.29 is 56.2 Å². The molecule has 0 radical (unpaired) electrons. The summed E-state index contributed by atoms with van der Waals surface area (Å²) in [5, 5.41) is 30.7. The summed E-state index contributed by atoms with van der Waals surface area (Å²) in [5.74, 6) is -0.410. The van der Waals surface area contributed by atoms with Gasteiger partial charge in [-0.25, -0.2) is 4.18 Å². The van der Waals surface area contributed by atoms with Crippen molar-refractivity contribution in [3.63, 3.8) is 0 Å². The summed E-state index contributed by atoms with van der Waals surface area (Å²) in [6, 6.07) is 0. The Labute approximate surface area is 376 Å². The van der Waals surface area contributed by atoms with E-state index in [4.69, 9.17) is 23.5 Å². The van der Waals surface area contributed by atoms with Crippen molar-refractivity contribution in [2.45, 2.75) is 230 Å². The molecule has 1 fully saturated rings. The van der Waals surface area contributed by atoms with Crippen LogP contribution in [0.3, 0.4) is 0 Å². The van der Waals surface area contributed by atoms with Crippen LogP contribution in [0.1, 0.15) is 194 Å². The highest BCUT2D eigenvalue weighted by molar-refractivity contribution is 7.80. The van der Waals surface area contributed by atoms with Gasteiger partial charge < -0.3 is 34.3 Å². The number of ether oxygens (including phenoxy) is 4. The van der Waals surface area contributed by atoms with Gasteiger partial charge in [0.05, 0.1) is 19.8 Å². The van der Waals surface area contributed by atoms with E-state index in [1.807, 2.05) is 0 Å². The minimum atomic E-state index is -5.06. The van der Waals surface area contributed by atoms with Gasteiger partial charge in [-0.05, 0) is 70.6 Å². The number of carbonyl (C=O) groups is 1. The lowest BCUT2D eigenvalue weighted by atomic mass is 9.99. The molecule has 62 heavy (non-hydrogen) atoms. The van der Waals surface area contributed by atoms with Gasteiger partial charge in [0, 0.05) is 13.0 Å². The minimum absolute atomic E-state index is 0.0278. The van der Waals surface area contributed by atoms with Gasteiger partial charge >= 0.3 is 16.4 Å². The van der Waals surface area contributed by atoms with Crippen molar-refractivity contribution in [1.82, 2.24) is 0 Å². The molecule has 0 saturated carbocycles. The smallest absolute Gasteiger partial charge is 0.397 e. The lowest BCUT2D eigenvalue weighted by molar-refractivity contribution is -0.301. The van der Waals surface area contributed by atoms with Crippen LogP contribution in [0.5, 0.6) is 0 Å². The molecule has 1 aliphatic rings. The molecular weight excluding hydrogens is 813 g/mol. The van der Waals surface area contributed by atoms with Crippen LogP contribution in [0.4, 0.5) is 0 Å². The molecule has 0 aromatic rings. The Morgan fingerprint density at radius 3 is 1.61 bits per heavy atom. The first-order valence-electron chi connectivity index (χ1n) is 24.4. The number of esters is 1. The Hall–Kier alpha value is -1.94. The van der Waals surface area contributed by atoms with Crippen molar-refractivity contribution in [1.29, 1.82) is 0 Å². The third-order valence-corrected chi connectivity index (χ3v) is 11.4. The maximum Gasteiger partial charge on any atom is 0.397 e. The zero-order chi connectivity index (χ0) is 45.4. The van der Waals surface area contributed by atoms with Gasteiger partial charge in [-0.1, -0.05) is 165 Å². The Bertz CT molecular complexity index is 1270. The van der Waals surface area contributed by atoms with Gasteiger partial charge in [0.25, 0.3) is 0 Å². The van der Waals surface area contributed by atoms with Gasteiger partial charge in [-0.2, -0.15) is 8.42 Å². The van der Waals surface area contributed by atoms with Crippen molar-refractivity contribution in [2.75, 3.05) is 26.4 Å². The Morgan fingerprint density at radius 2 is 1.08 bits per heavy atom. The summed E-state index contributed by atoms with van der Waals surface area (Å²) in [7, 11) is -5.06. The molecular formula is C49H88O12S. The standard InChI is InChI=1S/C49H88O12S/c1-3-5-7-9-11-13-15-17-18-19-20-21-22-23-24-25-26-27-28-30-32-34-36-38-45(51)59-43(41-57-39-37-35-33-31-29-16-14-12-10-8-6-4-2)42-58-49-47(53)48(61-62(54,55)56)46(52)44(40-50)60-49/h10,12,15,17,19-20,22-23,43-44,46-50,52-53H,3-9,11,13-14,16,18,21,24-42H2,1-2H3,(H,54,55,56)/b12-10-,17-15-,20-19-,23-22-. The fraction of sp³-hybridized carbons (Fsp3) is 0.816. The maximum absolute atomic E-state index is 12.9. The van der Waals surface area contributed by atoms with Crippen LogP contribution in [0, 0.1) is 0 Å². The number of aliphatic hydroxyl groups excluding tert-OH is 3. The van der Waals surface area contributed by atoms with Crippen LogP contribution in [0.15, 0.2) is 48.6 Å². The van der Waals surface area contributed by atoms with E-state index in [1.54, 1.807) is 0 Å². The number of carbonyl (C=O) groups excluding carboxylic acids is 1. The van der Waals surface area contributed by atoms with E-state index in [9.17, 15) is 28.5 Å². The second kappa shape index (κ2) is 40.6. The predicted octanol–water partition coefficient (Wildman–Crippen LogP) is 10.7. The molecule has 362 valence electrons.